The molecule has 290 valence electrons. The molecule has 3 atom stereocenters. The molecule has 58 heavy (non-hydrogen) atoms. The highest BCUT2D eigenvalue weighted by Gasteiger charge is 2.33. The summed E-state index contributed by atoms with van der Waals surface area (Å²) in [6, 6.07) is 32.7. The number of hydrogen-bond acceptors (Lipinski definition) is 2. The predicted octanol–water partition coefficient (Wildman–Crippen LogP) is 13.6. The van der Waals surface area contributed by atoms with Crippen LogP contribution in [0, 0.1) is 11.8 Å². The van der Waals surface area contributed by atoms with Gasteiger partial charge in [0.2, 0.25) is 5.96 Å². The summed E-state index contributed by atoms with van der Waals surface area (Å²) in [5.74, 6) is 1.11. The van der Waals surface area contributed by atoms with Crippen molar-refractivity contribution in [2.24, 2.45) is 21.8 Å². The SMILES string of the molecule is C=CCC(C=NC(=NC(=C)C(=C)CCCC)n1c2c(c3ccccc31)CCc1c-2n(-c2cc(-c3ccccc3)nc(C3C=CC=C[C@@H]3C)c2)c2ccccc12)/C=C\C. The topological polar surface area (TPSA) is 47.5 Å². The van der Waals surface area contributed by atoms with Crippen LogP contribution >= 0.6 is 0 Å². The molecule has 0 radical (unpaired) electrons. The molecule has 5 heteroatoms. The molecule has 0 spiro atoms. The Kier molecular flexibility index (Phi) is 11.3. The van der Waals surface area contributed by atoms with Gasteiger partial charge in [-0.25, -0.2) is 9.98 Å². The minimum Gasteiger partial charge on any atom is -0.307 e. The molecule has 0 bridgehead atoms. The Balaban J connectivity index is 1.44. The Morgan fingerprint density at radius 2 is 1.57 bits per heavy atom. The van der Waals surface area contributed by atoms with E-state index in [1.54, 1.807) is 0 Å². The van der Waals surface area contributed by atoms with Gasteiger partial charge in [0.05, 0.1) is 45.2 Å². The zero-order chi connectivity index (χ0) is 40.2. The minimum absolute atomic E-state index is 0.0710. The highest BCUT2D eigenvalue weighted by atomic mass is 15.2. The Morgan fingerprint density at radius 3 is 2.29 bits per heavy atom. The summed E-state index contributed by atoms with van der Waals surface area (Å²) in [4.78, 5) is 16.0. The monoisotopic (exact) mass is 759 g/mol. The molecule has 5 nitrogen and oxygen atoms in total. The lowest BCUT2D eigenvalue weighted by molar-refractivity contribution is 0.620. The Hall–Kier alpha value is -6.33. The van der Waals surface area contributed by atoms with Crippen molar-refractivity contribution in [3.05, 3.63) is 181 Å². The van der Waals surface area contributed by atoms with E-state index in [0.29, 0.717) is 17.6 Å². The van der Waals surface area contributed by atoms with Crippen LogP contribution in [0.4, 0.5) is 0 Å². The lowest BCUT2D eigenvalue weighted by atomic mass is 9.86. The second-order valence-electron chi connectivity index (χ2n) is 15.6. The van der Waals surface area contributed by atoms with E-state index >= 15 is 0 Å². The zero-order valence-corrected chi connectivity index (χ0v) is 34.1. The third-order valence-corrected chi connectivity index (χ3v) is 11.7. The molecule has 2 unspecified atom stereocenters. The molecule has 3 aromatic heterocycles. The molecule has 3 heterocycles. The number of nitrogens with zero attached hydrogens (tertiary/aromatic N) is 5. The molecule has 0 N–H and O–H groups in total. The van der Waals surface area contributed by atoms with Crippen molar-refractivity contribution in [3.63, 3.8) is 0 Å². The van der Waals surface area contributed by atoms with E-state index in [1.807, 2.05) is 19.2 Å². The van der Waals surface area contributed by atoms with E-state index < -0.39 is 0 Å². The summed E-state index contributed by atoms with van der Waals surface area (Å²) in [5.41, 5.74) is 12.9. The number of fused-ring (bicyclic) bond motifs is 7. The largest absolute Gasteiger partial charge is 0.307 e. The van der Waals surface area contributed by atoms with Gasteiger partial charge in [-0.05, 0) is 85.9 Å². The Bertz CT molecular complexity index is 2670. The first-order chi connectivity index (χ1) is 28.4. The van der Waals surface area contributed by atoms with Crippen LogP contribution in [-0.4, -0.2) is 26.3 Å². The first-order valence-electron chi connectivity index (χ1n) is 20.8. The van der Waals surface area contributed by atoms with Crippen LogP contribution in [0.3, 0.4) is 0 Å². The molecule has 0 saturated carbocycles. The summed E-state index contributed by atoms with van der Waals surface area (Å²) in [6.45, 7) is 19.4. The van der Waals surface area contributed by atoms with Gasteiger partial charge in [0, 0.05) is 34.4 Å². The van der Waals surface area contributed by atoms with Crippen LogP contribution in [0.5, 0.6) is 0 Å². The van der Waals surface area contributed by atoms with Gasteiger partial charge in [-0.15, -0.1) is 6.58 Å². The van der Waals surface area contributed by atoms with E-state index in [2.05, 4.69) is 170 Å². The molecule has 0 saturated heterocycles. The number of unbranched alkanes of at least 4 members (excludes halogenated alkanes) is 1. The maximum absolute atomic E-state index is 5.37. The standard InChI is InChI=1S/C53H53N5/c1-7-10-22-36(4)38(6)55-53(54-35-39(20-8-2)21-9-3)58-50-30-19-17-28-44(50)46-32-31-45-43-27-16-18-29-49(43)57(51(45)52(46)58)41-33-47(40-24-12-11-13-25-40)56-48(34-41)42-26-15-14-23-37(42)5/h8-9,11-19,21,23-30,33-35,37,39,42H,2,4,6-7,10,20,22,31-32H2,1,3,5H3/b21-9-,54-35?,55-53?/t37-,39?,42?/m0/s1. The van der Waals surface area contributed by atoms with Crippen LogP contribution in [0.25, 0.3) is 50.1 Å². The average Bonchev–Trinajstić information content (AvgIpc) is 3.78. The van der Waals surface area contributed by atoms with E-state index in [-0.39, 0.29) is 11.8 Å². The number of pyridine rings is 1. The zero-order valence-electron chi connectivity index (χ0n) is 34.1. The fourth-order valence-electron chi connectivity index (χ4n) is 8.68. The number of allylic oxidation sites excluding steroid dienone is 8. The van der Waals surface area contributed by atoms with E-state index in [4.69, 9.17) is 15.0 Å². The van der Waals surface area contributed by atoms with Gasteiger partial charge in [-0.3, -0.25) is 9.55 Å². The van der Waals surface area contributed by atoms with Crippen LogP contribution in [0.2, 0.25) is 0 Å². The van der Waals surface area contributed by atoms with Gasteiger partial charge in [-0.2, -0.15) is 0 Å². The third kappa shape index (κ3) is 7.33. The fourth-order valence-corrected chi connectivity index (χ4v) is 8.68. The third-order valence-electron chi connectivity index (χ3n) is 11.7. The highest BCUT2D eigenvalue weighted by molar-refractivity contribution is 6.07. The summed E-state index contributed by atoms with van der Waals surface area (Å²) in [6.07, 6.45) is 22.6. The van der Waals surface area contributed by atoms with Crippen molar-refractivity contribution in [1.29, 1.82) is 0 Å². The van der Waals surface area contributed by atoms with Crippen LogP contribution in [0.15, 0.2) is 175 Å². The quantitative estimate of drug-likeness (QED) is 0.0530. The van der Waals surface area contributed by atoms with Gasteiger partial charge < -0.3 is 4.57 Å². The van der Waals surface area contributed by atoms with E-state index in [9.17, 15) is 0 Å². The number of aromatic nitrogens is 3. The van der Waals surface area contributed by atoms with Crippen LogP contribution in [-0.2, 0) is 12.8 Å². The first kappa shape index (κ1) is 38.5. The Morgan fingerprint density at radius 1 is 0.879 bits per heavy atom. The summed E-state index contributed by atoms with van der Waals surface area (Å²) < 4.78 is 4.78. The van der Waals surface area contributed by atoms with Crippen LogP contribution in [0.1, 0.15) is 69.2 Å². The molecule has 0 fully saturated rings. The van der Waals surface area contributed by atoms with Gasteiger partial charge in [0.25, 0.3) is 0 Å². The number of hydrogen-bond donors (Lipinski definition) is 0. The molecule has 6 aromatic rings. The normalized spacial score (nSPS) is 17.0. The van der Waals surface area contributed by atoms with Crippen molar-refractivity contribution in [2.45, 2.75) is 65.2 Å². The van der Waals surface area contributed by atoms with Gasteiger partial charge in [0.15, 0.2) is 0 Å². The highest BCUT2D eigenvalue weighted by Crippen LogP contribution is 2.46. The Labute approximate surface area is 343 Å². The van der Waals surface area contributed by atoms with Crippen molar-refractivity contribution in [2.75, 3.05) is 0 Å². The molecule has 8 rings (SSSR count). The number of para-hydroxylation sites is 2. The second kappa shape index (κ2) is 17.0. The summed E-state index contributed by atoms with van der Waals surface area (Å²) >= 11 is 0. The van der Waals surface area contributed by atoms with Crippen molar-refractivity contribution in [3.8, 4) is 28.3 Å². The average molecular weight is 760 g/mol. The van der Waals surface area contributed by atoms with Gasteiger partial charge in [0.1, 0.15) is 0 Å². The molecule has 3 aromatic carbocycles. The lowest BCUT2D eigenvalue weighted by Crippen LogP contribution is -2.17. The first-order valence-corrected chi connectivity index (χ1v) is 20.8. The van der Waals surface area contributed by atoms with Crippen molar-refractivity contribution in [1.82, 2.24) is 14.1 Å². The maximum atomic E-state index is 5.37. The number of aryl methyl sites for hydroxylation is 2. The van der Waals surface area contributed by atoms with Gasteiger partial charge >= 0.3 is 0 Å². The maximum Gasteiger partial charge on any atom is 0.234 e. The number of rotatable bonds is 12. The molecule has 2 aliphatic rings. The molecular weight excluding hydrogens is 707 g/mol. The fraction of sp³-hybridized carbons (Fsp3) is 0.226. The van der Waals surface area contributed by atoms with Crippen LogP contribution < -0.4 is 0 Å². The van der Waals surface area contributed by atoms with Crippen molar-refractivity contribution >= 4 is 34.0 Å². The van der Waals surface area contributed by atoms with E-state index in [0.717, 1.165) is 83.6 Å². The minimum atomic E-state index is 0.0710. The van der Waals surface area contributed by atoms with Crippen molar-refractivity contribution < 1.29 is 0 Å². The summed E-state index contributed by atoms with van der Waals surface area (Å²) in [5, 5.41) is 2.47. The molecule has 0 amide bonds. The summed E-state index contributed by atoms with van der Waals surface area (Å²) in [7, 11) is 0. The van der Waals surface area contributed by atoms with E-state index in [1.165, 1.54) is 27.4 Å². The predicted molar refractivity (Wildman–Crippen MR) is 247 cm³/mol. The molecule has 2 aliphatic carbocycles. The number of aliphatic imine (C=N–C) groups is 2. The number of benzene rings is 3. The van der Waals surface area contributed by atoms with Gasteiger partial charge in [-0.1, -0.05) is 143 Å². The molecular formula is C53H53N5. The second-order valence-corrected chi connectivity index (χ2v) is 15.6. The smallest absolute Gasteiger partial charge is 0.234 e. The molecule has 0 aliphatic heterocycles. The lowest BCUT2D eigenvalue weighted by Gasteiger charge is -2.24.